The van der Waals surface area contributed by atoms with Crippen LogP contribution in [-0.4, -0.2) is 31.2 Å². The van der Waals surface area contributed by atoms with Crippen LogP contribution in [-0.2, 0) is 4.74 Å². The maximum atomic E-state index is 12.2. The molecular weight excluding hydrogens is 344 g/mol. The van der Waals surface area contributed by atoms with E-state index in [1.54, 1.807) is 44.3 Å². The average molecular weight is 363 g/mol. The van der Waals surface area contributed by atoms with Gasteiger partial charge in [-0.25, -0.2) is 9.59 Å². The molecule has 0 aromatic heterocycles. The van der Waals surface area contributed by atoms with E-state index in [1.807, 2.05) is 18.2 Å². The third-order valence-corrected chi connectivity index (χ3v) is 3.66. The summed E-state index contributed by atoms with van der Waals surface area (Å²) in [5.41, 5.74) is 1.15. The van der Waals surface area contributed by atoms with Crippen molar-refractivity contribution in [3.05, 3.63) is 54.6 Å². The number of alkyl halides is 1. The van der Waals surface area contributed by atoms with Crippen LogP contribution in [0.2, 0.25) is 0 Å². The molecule has 7 heteroatoms. The Labute approximate surface area is 151 Å². The highest BCUT2D eigenvalue weighted by molar-refractivity contribution is 6.18. The highest BCUT2D eigenvalue weighted by Gasteiger charge is 2.14. The minimum absolute atomic E-state index is 0.205. The van der Waals surface area contributed by atoms with Crippen LogP contribution in [0.3, 0.4) is 0 Å². The van der Waals surface area contributed by atoms with E-state index in [1.165, 1.54) is 11.0 Å². The van der Waals surface area contributed by atoms with Gasteiger partial charge < -0.3 is 9.47 Å². The zero-order valence-corrected chi connectivity index (χ0v) is 14.7. The maximum absolute atomic E-state index is 12.2. The summed E-state index contributed by atoms with van der Waals surface area (Å²) in [7, 11) is 1.62. The molecule has 0 bridgehead atoms. The Morgan fingerprint density at radius 3 is 2.56 bits per heavy atom. The highest BCUT2D eigenvalue weighted by atomic mass is 35.5. The lowest BCUT2D eigenvalue weighted by atomic mass is 10.3. The van der Waals surface area contributed by atoms with Crippen molar-refractivity contribution in [3.8, 4) is 5.75 Å². The maximum Gasteiger partial charge on any atom is 0.419 e. The van der Waals surface area contributed by atoms with Crippen molar-refractivity contribution in [1.82, 2.24) is 0 Å². The predicted molar refractivity (Wildman–Crippen MR) is 97.6 cm³/mol. The van der Waals surface area contributed by atoms with Crippen molar-refractivity contribution in [3.63, 3.8) is 0 Å². The van der Waals surface area contributed by atoms with Gasteiger partial charge in [0.15, 0.2) is 0 Å². The van der Waals surface area contributed by atoms with Crippen LogP contribution in [0.15, 0.2) is 54.6 Å². The predicted octanol–water partition coefficient (Wildman–Crippen LogP) is 4.50. The normalized spacial score (nSPS) is 11.3. The summed E-state index contributed by atoms with van der Waals surface area (Å²) in [5, 5.41) is 2.56. The van der Waals surface area contributed by atoms with Crippen molar-refractivity contribution in [1.29, 1.82) is 0 Å². The molecule has 25 heavy (non-hydrogen) atoms. The van der Waals surface area contributed by atoms with Crippen LogP contribution in [0.5, 0.6) is 5.75 Å². The molecule has 0 saturated heterocycles. The van der Waals surface area contributed by atoms with Crippen LogP contribution in [0.4, 0.5) is 21.0 Å². The van der Waals surface area contributed by atoms with Gasteiger partial charge in [-0.2, -0.15) is 0 Å². The highest BCUT2D eigenvalue weighted by Crippen LogP contribution is 2.20. The van der Waals surface area contributed by atoms with Gasteiger partial charge in [-0.3, -0.25) is 10.2 Å². The Morgan fingerprint density at radius 1 is 1.16 bits per heavy atom. The van der Waals surface area contributed by atoms with Crippen molar-refractivity contribution in [2.75, 3.05) is 23.1 Å². The molecule has 0 spiro atoms. The molecule has 2 aromatic rings. The number of amides is 2. The van der Waals surface area contributed by atoms with Crippen molar-refractivity contribution < 1.29 is 19.1 Å². The van der Waals surface area contributed by atoms with E-state index >= 15 is 0 Å². The zero-order valence-electron chi connectivity index (χ0n) is 13.9. The second-order valence-electron chi connectivity index (χ2n) is 5.29. The molecule has 0 aliphatic rings. The van der Waals surface area contributed by atoms with Crippen molar-refractivity contribution in [2.45, 2.75) is 13.0 Å². The Hall–Kier alpha value is -2.73. The fourth-order valence-corrected chi connectivity index (χ4v) is 1.99. The Balaban J connectivity index is 1.99. The van der Waals surface area contributed by atoms with Gasteiger partial charge in [0.1, 0.15) is 11.9 Å². The number of anilines is 2. The van der Waals surface area contributed by atoms with E-state index in [0.717, 1.165) is 0 Å². The van der Waals surface area contributed by atoms with Crippen LogP contribution >= 0.6 is 11.6 Å². The number of halogens is 1. The van der Waals surface area contributed by atoms with E-state index in [2.05, 4.69) is 5.32 Å². The lowest BCUT2D eigenvalue weighted by Gasteiger charge is -2.17. The molecule has 2 rings (SSSR count). The molecule has 2 aromatic carbocycles. The van der Waals surface area contributed by atoms with Gasteiger partial charge in [-0.15, -0.1) is 11.6 Å². The van der Waals surface area contributed by atoms with Gasteiger partial charge in [0, 0.05) is 24.5 Å². The lowest BCUT2D eigenvalue weighted by Crippen LogP contribution is -2.29. The summed E-state index contributed by atoms with van der Waals surface area (Å²) in [6.07, 6.45) is -1.57. The van der Waals surface area contributed by atoms with Crippen LogP contribution in [0, 0.1) is 0 Å². The first-order valence-corrected chi connectivity index (χ1v) is 8.17. The second-order valence-corrected chi connectivity index (χ2v) is 5.59. The van der Waals surface area contributed by atoms with Crippen LogP contribution in [0.25, 0.3) is 0 Å². The van der Waals surface area contributed by atoms with Crippen LogP contribution < -0.4 is 15.0 Å². The molecule has 0 aliphatic carbocycles. The minimum atomic E-state index is -0.627. The molecular formula is C18H19ClN2O4. The molecule has 6 nitrogen and oxygen atoms in total. The Bertz CT molecular complexity index is 724. The lowest BCUT2D eigenvalue weighted by molar-refractivity contribution is 0.131. The topological polar surface area (TPSA) is 67.9 Å². The molecule has 1 unspecified atom stereocenters. The first kappa shape index (κ1) is 18.6. The number of carbonyl (C=O) groups excluding carboxylic acids is 2. The monoisotopic (exact) mass is 362 g/mol. The third kappa shape index (κ3) is 5.69. The molecule has 0 fully saturated rings. The molecule has 1 N–H and O–H groups in total. The van der Waals surface area contributed by atoms with Crippen molar-refractivity contribution in [2.24, 2.45) is 0 Å². The number of nitrogens with zero attached hydrogens (tertiary/aromatic N) is 1. The Kier molecular flexibility index (Phi) is 6.65. The molecule has 0 radical (unpaired) electrons. The van der Waals surface area contributed by atoms with Crippen LogP contribution in [0.1, 0.15) is 6.92 Å². The standard InChI is InChI=1S/C18H19ClN2O4/c1-13(12-19)24-17(22)20-14-7-6-10-16(11-14)25-18(23)21(2)15-8-4-3-5-9-15/h3-11,13H,12H2,1-2H3,(H,20,22). The average Bonchev–Trinajstić information content (AvgIpc) is 2.61. The largest absolute Gasteiger partial charge is 0.445 e. The molecule has 0 heterocycles. The van der Waals surface area contributed by atoms with Gasteiger partial charge in [0.05, 0.1) is 5.88 Å². The van der Waals surface area contributed by atoms with Gasteiger partial charge in [0.25, 0.3) is 0 Å². The first-order chi connectivity index (χ1) is 12.0. The van der Waals surface area contributed by atoms with Gasteiger partial charge >= 0.3 is 12.2 Å². The fourth-order valence-electron chi connectivity index (χ4n) is 1.93. The molecule has 132 valence electrons. The number of hydrogen-bond acceptors (Lipinski definition) is 4. The summed E-state index contributed by atoms with van der Waals surface area (Å²) in [5.74, 6) is 0.507. The summed E-state index contributed by atoms with van der Waals surface area (Å²) in [4.78, 5) is 25.3. The molecule has 0 saturated carbocycles. The number of benzene rings is 2. The quantitative estimate of drug-likeness (QED) is 0.795. The third-order valence-electron chi connectivity index (χ3n) is 3.23. The first-order valence-electron chi connectivity index (χ1n) is 7.64. The van der Waals surface area contributed by atoms with Gasteiger partial charge in [-0.1, -0.05) is 24.3 Å². The van der Waals surface area contributed by atoms with E-state index in [9.17, 15) is 9.59 Å². The summed E-state index contributed by atoms with van der Waals surface area (Å²) < 4.78 is 10.4. The summed E-state index contributed by atoms with van der Waals surface area (Å²) in [6, 6.07) is 15.6. The van der Waals surface area contributed by atoms with E-state index in [4.69, 9.17) is 21.1 Å². The smallest absolute Gasteiger partial charge is 0.419 e. The Morgan fingerprint density at radius 2 is 1.88 bits per heavy atom. The number of rotatable bonds is 5. The van der Waals surface area contributed by atoms with E-state index in [-0.39, 0.29) is 5.88 Å². The summed E-state index contributed by atoms with van der Waals surface area (Å²) in [6.45, 7) is 1.68. The molecule has 0 aliphatic heterocycles. The fraction of sp³-hybridized carbons (Fsp3) is 0.222. The van der Waals surface area contributed by atoms with Gasteiger partial charge in [0.2, 0.25) is 0 Å². The number of hydrogen-bond donors (Lipinski definition) is 1. The number of para-hydroxylation sites is 1. The zero-order chi connectivity index (χ0) is 18.2. The second kappa shape index (κ2) is 8.94. The number of nitrogens with one attached hydrogen (secondary N) is 1. The molecule has 1 atom stereocenters. The molecule has 2 amide bonds. The number of carbonyl (C=O) groups is 2. The van der Waals surface area contributed by atoms with Crippen molar-refractivity contribution >= 4 is 35.2 Å². The van der Waals surface area contributed by atoms with E-state index < -0.39 is 18.3 Å². The minimum Gasteiger partial charge on any atom is -0.445 e. The van der Waals surface area contributed by atoms with Gasteiger partial charge in [-0.05, 0) is 31.2 Å². The van der Waals surface area contributed by atoms with E-state index in [0.29, 0.717) is 17.1 Å². The number of ether oxygens (including phenoxy) is 2. The SMILES string of the molecule is CC(CCl)OC(=O)Nc1cccc(OC(=O)N(C)c2ccccc2)c1. The summed E-state index contributed by atoms with van der Waals surface area (Å²) >= 11 is 5.59.